The number of aromatic nitrogens is 1. The number of hydrogen-bond acceptors (Lipinski definition) is 5. The minimum absolute atomic E-state index is 0.0539. The molecule has 0 bridgehead atoms. The van der Waals surface area contributed by atoms with E-state index < -0.39 is 17.8 Å². The highest BCUT2D eigenvalue weighted by Crippen LogP contribution is 2.22. The predicted molar refractivity (Wildman–Crippen MR) is 104 cm³/mol. The molecule has 3 rings (SSSR count). The molecule has 2 aromatic heterocycles. The van der Waals surface area contributed by atoms with E-state index >= 15 is 0 Å². The van der Waals surface area contributed by atoms with Crippen molar-refractivity contribution in [1.29, 1.82) is 0 Å². The second-order valence-corrected chi connectivity index (χ2v) is 6.63. The molecule has 0 atom stereocenters. The van der Waals surface area contributed by atoms with Crippen molar-refractivity contribution in [3.8, 4) is 0 Å². The molecule has 2 N–H and O–H groups in total. The number of amides is 3. The van der Waals surface area contributed by atoms with Crippen molar-refractivity contribution < 1.29 is 22.9 Å². The molecule has 3 aromatic rings. The smallest absolute Gasteiger partial charge is 0.321 e. The number of nitrogens with zero attached hydrogens (tertiary/aromatic N) is 2. The summed E-state index contributed by atoms with van der Waals surface area (Å²) >= 11 is 0. The van der Waals surface area contributed by atoms with Crippen LogP contribution in [0.4, 0.5) is 20.6 Å². The van der Waals surface area contributed by atoms with Crippen LogP contribution < -0.4 is 10.6 Å². The van der Waals surface area contributed by atoms with E-state index in [9.17, 15) is 14.0 Å². The number of benzene rings is 1. The average Bonchev–Trinajstić information content (AvgIpc) is 3.24. The number of aryl methyl sites for hydroxylation is 3. The molecule has 0 fully saturated rings. The SMILES string of the molecule is Cc1noc(C)c1CN(C)C(=O)Nc1ccc(F)c(NC(=O)c2ccoc2C)c1. The summed E-state index contributed by atoms with van der Waals surface area (Å²) in [4.78, 5) is 26.2. The van der Waals surface area contributed by atoms with Gasteiger partial charge >= 0.3 is 6.03 Å². The van der Waals surface area contributed by atoms with E-state index in [-0.39, 0.29) is 5.69 Å². The first-order valence-corrected chi connectivity index (χ1v) is 8.85. The fraction of sp³-hybridized carbons (Fsp3) is 0.250. The van der Waals surface area contributed by atoms with Gasteiger partial charge < -0.3 is 24.5 Å². The zero-order valence-electron chi connectivity index (χ0n) is 16.5. The Hall–Kier alpha value is -3.62. The maximum atomic E-state index is 14.1. The van der Waals surface area contributed by atoms with Crippen LogP contribution in [0.3, 0.4) is 0 Å². The number of urea groups is 1. The third-order valence-corrected chi connectivity index (χ3v) is 4.49. The molecule has 0 aliphatic carbocycles. The molecule has 0 radical (unpaired) electrons. The molecular formula is C20H21FN4O4. The van der Waals surface area contributed by atoms with Gasteiger partial charge in [0.05, 0.1) is 29.8 Å². The maximum Gasteiger partial charge on any atom is 0.321 e. The van der Waals surface area contributed by atoms with Crippen LogP contribution in [0, 0.1) is 26.6 Å². The minimum Gasteiger partial charge on any atom is -0.469 e. The van der Waals surface area contributed by atoms with Gasteiger partial charge in [0.25, 0.3) is 5.91 Å². The standard InChI is InChI=1S/C20H21FN4O4/c1-11-16(13(3)29-24-11)10-25(4)20(27)22-14-5-6-17(21)18(9-14)23-19(26)15-7-8-28-12(15)2/h5-9H,10H2,1-4H3,(H,22,27)(H,23,26). The van der Waals surface area contributed by atoms with Gasteiger partial charge in [0.1, 0.15) is 17.3 Å². The molecule has 8 nitrogen and oxygen atoms in total. The second kappa shape index (κ2) is 8.17. The zero-order valence-corrected chi connectivity index (χ0v) is 16.5. The van der Waals surface area contributed by atoms with Crippen LogP contribution in [-0.2, 0) is 6.54 Å². The van der Waals surface area contributed by atoms with Crippen molar-refractivity contribution in [2.75, 3.05) is 17.7 Å². The topological polar surface area (TPSA) is 101 Å². The predicted octanol–water partition coefficient (Wildman–Crippen LogP) is 4.25. The largest absolute Gasteiger partial charge is 0.469 e. The Kier molecular flexibility index (Phi) is 5.67. The number of hydrogen-bond donors (Lipinski definition) is 2. The highest BCUT2D eigenvalue weighted by molar-refractivity contribution is 6.05. The Morgan fingerprint density at radius 1 is 1.14 bits per heavy atom. The van der Waals surface area contributed by atoms with Crippen molar-refractivity contribution in [1.82, 2.24) is 10.1 Å². The lowest BCUT2D eigenvalue weighted by atomic mass is 10.2. The van der Waals surface area contributed by atoms with Crippen molar-refractivity contribution in [3.05, 3.63) is 64.7 Å². The fourth-order valence-electron chi connectivity index (χ4n) is 2.76. The van der Waals surface area contributed by atoms with Crippen molar-refractivity contribution >= 4 is 23.3 Å². The minimum atomic E-state index is -0.624. The van der Waals surface area contributed by atoms with Gasteiger partial charge in [0, 0.05) is 18.3 Å². The van der Waals surface area contributed by atoms with Crippen LogP contribution in [0.1, 0.15) is 33.1 Å². The van der Waals surface area contributed by atoms with Crippen LogP contribution in [0.25, 0.3) is 0 Å². The molecule has 0 aliphatic heterocycles. The van der Waals surface area contributed by atoms with Gasteiger partial charge in [-0.3, -0.25) is 4.79 Å². The normalized spacial score (nSPS) is 10.7. The van der Waals surface area contributed by atoms with Gasteiger partial charge in [-0.2, -0.15) is 0 Å². The van der Waals surface area contributed by atoms with E-state index in [2.05, 4.69) is 15.8 Å². The molecule has 0 saturated carbocycles. The first-order valence-electron chi connectivity index (χ1n) is 8.85. The monoisotopic (exact) mass is 400 g/mol. The van der Waals surface area contributed by atoms with Gasteiger partial charge in [-0.25, -0.2) is 9.18 Å². The average molecular weight is 400 g/mol. The first-order chi connectivity index (χ1) is 13.8. The summed E-state index contributed by atoms with van der Waals surface area (Å²) in [6, 6.07) is 5.03. The number of anilines is 2. The summed E-state index contributed by atoms with van der Waals surface area (Å²) in [6.45, 7) is 5.51. The van der Waals surface area contributed by atoms with Gasteiger partial charge in [0.2, 0.25) is 0 Å². The van der Waals surface area contributed by atoms with Crippen molar-refractivity contribution in [3.63, 3.8) is 0 Å². The van der Waals surface area contributed by atoms with E-state index in [0.29, 0.717) is 35.0 Å². The number of carbonyl (C=O) groups excluding carboxylic acids is 2. The van der Waals surface area contributed by atoms with Gasteiger partial charge in [-0.1, -0.05) is 5.16 Å². The van der Waals surface area contributed by atoms with E-state index in [1.807, 2.05) is 0 Å². The van der Waals surface area contributed by atoms with E-state index in [0.717, 1.165) is 5.56 Å². The molecule has 2 heterocycles. The summed E-state index contributed by atoms with van der Waals surface area (Å²) in [6.07, 6.45) is 1.38. The lowest BCUT2D eigenvalue weighted by Gasteiger charge is -2.18. The molecule has 0 unspecified atom stereocenters. The lowest BCUT2D eigenvalue weighted by Crippen LogP contribution is -2.31. The van der Waals surface area contributed by atoms with Gasteiger partial charge in [0.15, 0.2) is 0 Å². The Balaban J connectivity index is 1.69. The van der Waals surface area contributed by atoms with Crippen molar-refractivity contribution in [2.24, 2.45) is 0 Å². The summed E-state index contributed by atoms with van der Waals surface area (Å²) in [5.41, 5.74) is 2.12. The lowest BCUT2D eigenvalue weighted by molar-refractivity contribution is 0.102. The molecule has 0 saturated heterocycles. The van der Waals surface area contributed by atoms with Crippen LogP contribution in [-0.4, -0.2) is 29.0 Å². The number of halogens is 1. The molecule has 0 spiro atoms. The number of furan rings is 1. The molecule has 29 heavy (non-hydrogen) atoms. The summed E-state index contributed by atoms with van der Waals surface area (Å²) in [7, 11) is 1.62. The summed E-state index contributed by atoms with van der Waals surface area (Å²) in [5.74, 6) is -0.0625. The van der Waals surface area contributed by atoms with Crippen molar-refractivity contribution in [2.45, 2.75) is 27.3 Å². The molecule has 0 aliphatic rings. The zero-order chi connectivity index (χ0) is 21.1. The Bertz CT molecular complexity index is 1040. The van der Waals surface area contributed by atoms with Gasteiger partial charge in [-0.05, 0) is 45.0 Å². The summed E-state index contributed by atoms with van der Waals surface area (Å²) in [5, 5.41) is 9.03. The van der Waals surface area contributed by atoms with E-state index in [1.54, 1.807) is 27.8 Å². The number of carbonyl (C=O) groups is 2. The van der Waals surface area contributed by atoms with Crippen LogP contribution in [0.5, 0.6) is 0 Å². The molecule has 1 aromatic carbocycles. The Morgan fingerprint density at radius 2 is 1.90 bits per heavy atom. The highest BCUT2D eigenvalue weighted by atomic mass is 19.1. The third-order valence-electron chi connectivity index (χ3n) is 4.49. The van der Waals surface area contributed by atoms with Gasteiger partial charge in [-0.15, -0.1) is 0 Å². The molecular weight excluding hydrogens is 379 g/mol. The van der Waals surface area contributed by atoms with E-state index in [1.165, 1.54) is 35.4 Å². The maximum absolute atomic E-state index is 14.1. The third kappa shape index (κ3) is 4.45. The Labute approximate surface area is 166 Å². The summed E-state index contributed by atoms with van der Waals surface area (Å²) < 4.78 is 24.3. The first kappa shape index (κ1) is 20.1. The molecule has 9 heteroatoms. The number of rotatable bonds is 5. The van der Waals surface area contributed by atoms with Crippen LogP contribution >= 0.6 is 0 Å². The molecule has 152 valence electrons. The fourth-order valence-corrected chi connectivity index (χ4v) is 2.76. The van der Waals surface area contributed by atoms with Crippen LogP contribution in [0.2, 0.25) is 0 Å². The second-order valence-electron chi connectivity index (χ2n) is 6.63. The highest BCUT2D eigenvalue weighted by Gasteiger charge is 2.17. The van der Waals surface area contributed by atoms with Crippen LogP contribution in [0.15, 0.2) is 39.5 Å². The Morgan fingerprint density at radius 3 is 2.52 bits per heavy atom. The van der Waals surface area contributed by atoms with E-state index in [4.69, 9.17) is 8.94 Å². The molecule has 3 amide bonds. The number of nitrogens with one attached hydrogen (secondary N) is 2. The quantitative estimate of drug-likeness (QED) is 0.667.